The van der Waals surface area contributed by atoms with E-state index in [0.717, 1.165) is 12.0 Å². The average molecular weight is 269 g/mol. The first-order valence-corrected chi connectivity index (χ1v) is 6.46. The van der Waals surface area contributed by atoms with Crippen molar-refractivity contribution >= 4 is 17.5 Å². The number of hydrogen-bond acceptors (Lipinski definition) is 3. The number of hydrogen-bond donors (Lipinski definition) is 3. The van der Waals surface area contributed by atoms with Gasteiger partial charge in [-0.15, -0.1) is 0 Å². The lowest BCUT2D eigenvalue weighted by Crippen LogP contribution is -2.41. The Morgan fingerprint density at radius 1 is 1.44 bits per heavy atom. The highest BCUT2D eigenvalue weighted by Gasteiger charge is 2.27. The topological polar surface area (TPSA) is 61.4 Å². The van der Waals surface area contributed by atoms with E-state index in [9.17, 15) is 9.90 Å². The van der Waals surface area contributed by atoms with Crippen molar-refractivity contribution in [3.63, 3.8) is 0 Å². The predicted molar refractivity (Wildman–Crippen MR) is 70.6 cm³/mol. The first-order chi connectivity index (χ1) is 8.65. The molecule has 0 aliphatic carbocycles. The second-order valence-corrected chi connectivity index (χ2v) is 4.95. The molecule has 18 heavy (non-hydrogen) atoms. The predicted octanol–water partition coefficient (Wildman–Crippen LogP) is 0.721. The fourth-order valence-corrected chi connectivity index (χ4v) is 2.15. The number of amides is 1. The molecular weight excluding hydrogens is 252 g/mol. The van der Waals surface area contributed by atoms with E-state index < -0.39 is 6.10 Å². The number of carbonyl (C=O) groups excluding carboxylic acids is 1. The number of aliphatic hydroxyl groups is 1. The van der Waals surface area contributed by atoms with E-state index in [1.807, 2.05) is 24.3 Å². The second-order valence-electron chi connectivity index (χ2n) is 4.52. The lowest BCUT2D eigenvalue weighted by molar-refractivity contribution is -0.122. The van der Waals surface area contributed by atoms with Gasteiger partial charge in [0.15, 0.2) is 0 Å². The number of β-amino-alcohol motifs (C(OH)–C–C–N with tert-alkyl or cyclic N) is 1. The Kier molecular flexibility index (Phi) is 4.58. The summed E-state index contributed by atoms with van der Waals surface area (Å²) in [6, 6.07) is 7.32. The molecule has 98 valence electrons. The van der Waals surface area contributed by atoms with Crippen molar-refractivity contribution in [1.82, 2.24) is 10.6 Å². The van der Waals surface area contributed by atoms with E-state index in [4.69, 9.17) is 11.6 Å². The number of nitrogens with one attached hydrogen (secondary N) is 2. The van der Waals surface area contributed by atoms with Crippen LogP contribution in [-0.2, 0) is 11.2 Å². The summed E-state index contributed by atoms with van der Waals surface area (Å²) >= 11 is 5.79. The first-order valence-electron chi connectivity index (χ1n) is 6.09. The van der Waals surface area contributed by atoms with Crippen molar-refractivity contribution in [2.45, 2.75) is 25.0 Å². The Bertz CT molecular complexity index is 408. The summed E-state index contributed by atoms with van der Waals surface area (Å²) < 4.78 is 0. The molecule has 1 aliphatic heterocycles. The van der Waals surface area contributed by atoms with Gasteiger partial charge in [0.1, 0.15) is 0 Å². The Hall–Kier alpha value is -1.10. The van der Waals surface area contributed by atoms with E-state index >= 15 is 0 Å². The summed E-state index contributed by atoms with van der Waals surface area (Å²) in [7, 11) is 0. The normalized spacial score (nSPS) is 23.0. The van der Waals surface area contributed by atoms with Gasteiger partial charge in [0.2, 0.25) is 5.91 Å². The largest absolute Gasteiger partial charge is 0.392 e. The molecule has 1 saturated heterocycles. The highest BCUT2D eigenvalue weighted by Crippen LogP contribution is 2.10. The third-order valence-corrected chi connectivity index (χ3v) is 3.30. The van der Waals surface area contributed by atoms with Crippen LogP contribution in [0.4, 0.5) is 0 Å². The molecule has 1 fully saturated rings. The van der Waals surface area contributed by atoms with Gasteiger partial charge in [0.05, 0.1) is 12.1 Å². The molecule has 0 spiro atoms. The van der Waals surface area contributed by atoms with Crippen LogP contribution in [0, 0.1) is 0 Å². The monoisotopic (exact) mass is 268 g/mol. The van der Waals surface area contributed by atoms with Crippen LogP contribution < -0.4 is 10.6 Å². The van der Waals surface area contributed by atoms with Gasteiger partial charge in [0, 0.05) is 18.1 Å². The van der Waals surface area contributed by atoms with Gasteiger partial charge in [-0.1, -0.05) is 23.7 Å². The molecule has 3 N–H and O–H groups in total. The minimum Gasteiger partial charge on any atom is -0.392 e. The number of aliphatic hydroxyl groups excluding tert-OH is 1. The van der Waals surface area contributed by atoms with Crippen molar-refractivity contribution in [3.8, 4) is 0 Å². The molecule has 2 atom stereocenters. The molecule has 0 radical (unpaired) electrons. The molecule has 4 nitrogen and oxygen atoms in total. The zero-order valence-electron chi connectivity index (χ0n) is 10.0. The van der Waals surface area contributed by atoms with E-state index in [1.54, 1.807) is 0 Å². The fraction of sp³-hybridized carbons (Fsp3) is 0.462. The van der Waals surface area contributed by atoms with Gasteiger partial charge < -0.3 is 15.7 Å². The summed E-state index contributed by atoms with van der Waals surface area (Å²) in [5.41, 5.74) is 1.14. The van der Waals surface area contributed by atoms with Crippen LogP contribution in [0.15, 0.2) is 24.3 Å². The van der Waals surface area contributed by atoms with Crippen molar-refractivity contribution in [3.05, 3.63) is 34.9 Å². The lowest BCUT2D eigenvalue weighted by atomic mass is 10.1. The number of halogens is 1. The Labute approximate surface area is 111 Å². The van der Waals surface area contributed by atoms with Crippen LogP contribution in [-0.4, -0.2) is 36.2 Å². The maximum Gasteiger partial charge on any atom is 0.237 e. The molecule has 2 rings (SSSR count). The zero-order valence-corrected chi connectivity index (χ0v) is 10.8. The number of carbonyl (C=O) groups is 1. The zero-order chi connectivity index (χ0) is 13.0. The minimum absolute atomic E-state index is 0.0412. The smallest absolute Gasteiger partial charge is 0.237 e. The summed E-state index contributed by atoms with van der Waals surface area (Å²) in [6.45, 7) is 1.09. The van der Waals surface area contributed by atoms with E-state index in [0.29, 0.717) is 24.5 Å². The maximum atomic E-state index is 11.7. The van der Waals surface area contributed by atoms with Crippen molar-refractivity contribution in [2.24, 2.45) is 0 Å². The van der Waals surface area contributed by atoms with Crippen LogP contribution in [0.25, 0.3) is 0 Å². The van der Waals surface area contributed by atoms with Crippen molar-refractivity contribution < 1.29 is 9.90 Å². The second kappa shape index (κ2) is 6.18. The van der Waals surface area contributed by atoms with E-state index in [1.165, 1.54) is 0 Å². The van der Waals surface area contributed by atoms with Crippen molar-refractivity contribution in [1.29, 1.82) is 0 Å². The number of benzene rings is 1. The third-order valence-electron chi connectivity index (χ3n) is 3.05. The molecule has 1 heterocycles. The molecule has 0 bridgehead atoms. The quantitative estimate of drug-likeness (QED) is 0.754. The minimum atomic E-state index is -0.406. The first kappa shape index (κ1) is 13.3. The molecule has 0 saturated carbocycles. The van der Waals surface area contributed by atoms with Gasteiger partial charge >= 0.3 is 0 Å². The third kappa shape index (κ3) is 3.70. The molecule has 1 aliphatic rings. The standard InChI is InChI=1S/C13H17ClN2O2/c14-10-3-1-9(2-4-10)5-6-15-13(18)12-7-11(17)8-16-12/h1-4,11-12,16-17H,5-8H2,(H,15,18). The highest BCUT2D eigenvalue weighted by molar-refractivity contribution is 6.30. The summed E-state index contributed by atoms with van der Waals surface area (Å²) in [4.78, 5) is 11.7. The molecule has 5 heteroatoms. The van der Waals surface area contributed by atoms with Gasteiger partial charge in [-0.05, 0) is 30.5 Å². The van der Waals surface area contributed by atoms with Gasteiger partial charge in [-0.3, -0.25) is 4.79 Å². The maximum absolute atomic E-state index is 11.7. The van der Waals surface area contributed by atoms with Gasteiger partial charge in [-0.2, -0.15) is 0 Å². The van der Waals surface area contributed by atoms with Crippen LogP contribution >= 0.6 is 11.6 Å². The SMILES string of the molecule is O=C(NCCc1ccc(Cl)cc1)C1CC(O)CN1. The van der Waals surface area contributed by atoms with Gasteiger partial charge in [0.25, 0.3) is 0 Å². The number of rotatable bonds is 4. The van der Waals surface area contributed by atoms with Crippen LogP contribution in [0.2, 0.25) is 5.02 Å². The van der Waals surface area contributed by atoms with E-state index in [2.05, 4.69) is 10.6 Å². The van der Waals surface area contributed by atoms with E-state index in [-0.39, 0.29) is 11.9 Å². The average Bonchev–Trinajstić information content (AvgIpc) is 2.78. The summed E-state index contributed by atoms with van der Waals surface area (Å²) in [5, 5.41) is 15.9. The molecule has 1 aromatic carbocycles. The highest BCUT2D eigenvalue weighted by atomic mass is 35.5. The van der Waals surface area contributed by atoms with Crippen molar-refractivity contribution in [2.75, 3.05) is 13.1 Å². The fourth-order valence-electron chi connectivity index (χ4n) is 2.02. The Morgan fingerprint density at radius 3 is 2.78 bits per heavy atom. The molecule has 1 aromatic rings. The van der Waals surface area contributed by atoms with Crippen LogP contribution in [0.3, 0.4) is 0 Å². The summed E-state index contributed by atoms with van der Waals surface area (Å²) in [6.07, 6.45) is 0.863. The molecular formula is C13H17ClN2O2. The Balaban J connectivity index is 1.72. The van der Waals surface area contributed by atoms with Crippen LogP contribution in [0.1, 0.15) is 12.0 Å². The lowest BCUT2D eigenvalue weighted by Gasteiger charge is -2.10. The molecule has 2 unspecified atom stereocenters. The van der Waals surface area contributed by atoms with Gasteiger partial charge in [-0.25, -0.2) is 0 Å². The van der Waals surface area contributed by atoms with Crippen LogP contribution in [0.5, 0.6) is 0 Å². The molecule has 1 amide bonds. The summed E-state index contributed by atoms with van der Waals surface area (Å²) in [5.74, 6) is -0.0412. The Morgan fingerprint density at radius 2 is 2.17 bits per heavy atom. The molecule has 0 aromatic heterocycles.